The highest BCUT2D eigenvalue weighted by Crippen LogP contribution is 2.21. The number of nitrogens with one attached hydrogen (secondary N) is 2. The Morgan fingerprint density at radius 1 is 1.25 bits per heavy atom. The van der Waals surface area contributed by atoms with E-state index in [1.54, 1.807) is 11.6 Å². The molecule has 2 rings (SSSR count). The highest BCUT2D eigenvalue weighted by atomic mass is 32.2. The zero-order valence-electron chi connectivity index (χ0n) is 13.4. The molecule has 0 aliphatic rings. The molecule has 2 N–H and O–H groups in total. The Balaban J connectivity index is 1.93. The van der Waals surface area contributed by atoms with Crippen LogP contribution in [0.5, 0.6) is 0 Å². The van der Waals surface area contributed by atoms with Gasteiger partial charge in [-0.1, -0.05) is 13.8 Å². The van der Waals surface area contributed by atoms with E-state index in [9.17, 15) is 18.0 Å². The molecule has 0 atom stereocenters. The number of nitrogens with zero attached hydrogens (tertiary/aromatic N) is 1. The zero-order valence-corrected chi connectivity index (χ0v) is 15.0. The van der Waals surface area contributed by atoms with Gasteiger partial charge in [0, 0.05) is 6.42 Å². The first-order chi connectivity index (χ1) is 11.3. The molecule has 1 aromatic carbocycles. The number of amides is 2. The van der Waals surface area contributed by atoms with Crippen LogP contribution in [0.2, 0.25) is 0 Å². The SMILES string of the molecule is CC(C)CCC(=O)NCC(=O)NS(=O)(=O)c1ccc2ncsc2c1. The second-order valence-corrected chi connectivity index (χ2v) is 8.29. The van der Waals surface area contributed by atoms with Crippen molar-refractivity contribution in [2.75, 3.05) is 6.54 Å². The number of carbonyl (C=O) groups is 2. The van der Waals surface area contributed by atoms with Crippen molar-refractivity contribution in [3.63, 3.8) is 0 Å². The lowest BCUT2D eigenvalue weighted by Gasteiger charge is -2.09. The van der Waals surface area contributed by atoms with E-state index in [1.807, 2.05) is 18.6 Å². The molecule has 2 amide bonds. The van der Waals surface area contributed by atoms with Crippen LogP contribution < -0.4 is 10.0 Å². The van der Waals surface area contributed by atoms with Crippen molar-refractivity contribution in [1.29, 1.82) is 0 Å². The number of sulfonamides is 1. The quantitative estimate of drug-likeness (QED) is 0.772. The molecule has 0 bridgehead atoms. The molecule has 24 heavy (non-hydrogen) atoms. The van der Waals surface area contributed by atoms with Gasteiger partial charge in [0.25, 0.3) is 15.9 Å². The molecule has 0 unspecified atom stereocenters. The van der Waals surface area contributed by atoms with E-state index < -0.39 is 15.9 Å². The van der Waals surface area contributed by atoms with Gasteiger partial charge in [-0.3, -0.25) is 9.59 Å². The molecular weight excluding hydrogens is 350 g/mol. The molecule has 0 radical (unpaired) electrons. The minimum Gasteiger partial charge on any atom is -0.347 e. The van der Waals surface area contributed by atoms with Crippen LogP contribution in [0.3, 0.4) is 0 Å². The second-order valence-electron chi connectivity index (χ2n) is 5.72. The van der Waals surface area contributed by atoms with Gasteiger partial charge in [0.2, 0.25) is 5.91 Å². The molecule has 0 saturated carbocycles. The van der Waals surface area contributed by atoms with Crippen molar-refractivity contribution in [3.8, 4) is 0 Å². The average molecular weight is 369 g/mol. The third kappa shape index (κ3) is 5.00. The van der Waals surface area contributed by atoms with Gasteiger partial charge in [0.15, 0.2) is 0 Å². The van der Waals surface area contributed by atoms with E-state index in [4.69, 9.17) is 0 Å². The van der Waals surface area contributed by atoms with Gasteiger partial charge >= 0.3 is 0 Å². The first kappa shape index (κ1) is 18.3. The smallest absolute Gasteiger partial charge is 0.264 e. The third-order valence-electron chi connectivity index (χ3n) is 3.26. The molecule has 7 nitrogen and oxygen atoms in total. The van der Waals surface area contributed by atoms with Gasteiger partial charge < -0.3 is 5.32 Å². The first-order valence-electron chi connectivity index (χ1n) is 7.43. The molecule has 1 heterocycles. The van der Waals surface area contributed by atoms with E-state index in [2.05, 4.69) is 10.3 Å². The van der Waals surface area contributed by atoms with Crippen LogP contribution in [-0.4, -0.2) is 31.8 Å². The maximum Gasteiger partial charge on any atom is 0.264 e. The van der Waals surface area contributed by atoms with E-state index >= 15 is 0 Å². The van der Waals surface area contributed by atoms with Gasteiger partial charge in [0.05, 0.1) is 27.2 Å². The summed E-state index contributed by atoms with van der Waals surface area (Å²) >= 11 is 1.31. The van der Waals surface area contributed by atoms with E-state index in [-0.39, 0.29) is 17.3 Å². The summed E-state index contributed by atoms with van der Waals surface area (Å²) < 4.78 is 27.1. The maximum absolute atomic E-state index is 12.2. The molecule has 0 aliphatic carbocycles. The van der Waals surface area contributed by atoms with Gasteiger partial charge in [-0.15, -0.1) is 11.3 Å². The lowest BCUT2D eigenvalue weighted by Crippen LogP contribution is -2.39. The number of aromatic nitrogens is 1. The fourth-order valence-corrected chi connectivity index (χ4v) is 3.74. The summed E-state index contributed by atoms with van der Waals surface area (Å²) in [6.07, 6.45) is 1.01. The van der Waals surface area contributed by atoms with E-state index in [1.165, 1.54) is 23.5 Å². The molecule has 1 aromatic heterocycles. The number of carbonyl (C=O) groups excluding carboxylic acids is 2. The van der Waals surface area contributed by atoms with Crippen LogP contribution in [0.4, 0.5) is 0 Å². The third-order valence-corrected chi connectivity index (χ3v) is 5.42. The van der Waals surface area contributed by atoms with Crippen molar-refractivity contribution < 1.29 is 18.0 Å². The lowest BCUT2D eigenvalue weighted by molar-refractivity contribution is -0.125. The predicted octanol–water partition coefficient (Wildman–Crippen LogP) is 1.65. The van der Waals surface area contributed by atoms with Crippen molar-refractivity contribution in [1.82, 2.24) is 15.0 Å². The van der Waals surface area contributed by atoms with E-state index in [0.717, 1.165) is 0 Å². The Labute approximate surface area is 144 Å². The van der Waals surface area contributed by atoms with Crippen LogP contribution in [0.25, 0.3) is 10.2 Å². The monoisotopic (exact) mass is 369 g/mol. The molecule has 130 valence electrons. The Bertz CT molecular complexity index is 843. The van der Waals surface area contributed by atoms with E-state index in [0.29, 0.717) is 29.0 Å². The van der Waals surface area contributed by atoms with Crippen molar-refractivity contribution in [3.05, 3.63) is 23.7 Å². The molecule has 9 heteroatoms. The number of benzene rings is 1. The Morgan fingerprint density at radius 3 is 2.71 bits per heavy atom. The van der Waals surface area contributed by atoms with Gasteiger partial charge in [-0.25, -0.2) is 18.1 Å². The normalized spacial score (nSPS) is 11.6. The van der Waals surface area contributed by atoms with Crippen molar-refractivity contribution in [2.24, 2.45) is 5.92 Å². The van der Waals surface area contributed by atoms with Crippen LogP contribution >= 0.6 is 11.3 Å². The van der Waals surface area contributed by atoms with Gasteiger partial charge in [-0.05, 0) is 30.5 Å². The van der Waals surface area contributed by atoms with Gasteiger partial charge in [-0.2, -0.15) is 0 Å². The number of rotatable bonds is 7. The fraction of sp³-hybridized carbons (Fsp3) is 0.400. The topological polar surface area (TPSA) is 105 Å². The number of hydrogen-bond acceptors (Lipinski definition) is 6. The Morgan fingerprint density at radius 2 is 2.00 bits per heavy atom. The highest BCUT2D eigenvalue weighted by Gasteiger charge is 2.18. The summed E-state index contributed by atoms with van der Waals surface area (Å²) in [4.78, 5) is 27.4. The fourth-order valence-electron chi connectivity index (χ4n) is 1.93. The van der Waals surface area contributed by atoms with Crippen LogP contribution in [0.1, 0.15) is 26.7 Å². The highest BCUT2D eigenvalue weighted by molar-refractivity contribution is 7.90. The maximum atomic E-state index is 12.2. The number of thiazole rings is 1. The summed E-state index contributed by atoms with van der Waals surface area (Å²) in [5, 5.41) is 2.41. The second kappa shape index (κ2) is 7.71. The lowest BCUT2D eigenvalue weighted by atomic mass is 10.1. The summed E-state index contributed by atoms with van der Waals surface area (Å²) in [6.45, 7) is 3.61. The van der Waals surface area contributed by atoms with Crippen molar-refractivity contribution >= 4 is 43.4 Å². The molecule has 0 aliphatic heterocycles. The van der Waals surface area contributed by atoms with Crippen LogP contribution in [-0.2, 0) is 19.6 Å². The molecular formula is C15H19N3O4S2. The molecule has 0 saturated heterocycles. The summed E-state index contributed by atoms with van der Waals surface area (Å²) in [5.74, 6) is -0.675. The molecule has 0 spiro atoms. The minimum atomic E-state index is -3.97. The zero-order chi connectivity index (χ0) is 17.7. The van der Waals surface area contributed by atoms with Crippen molar-refractivity contribution in [2.45, 2.75) is 31.6 Å². The minimum absolute atomic E-state index is 0.0151. The Hall–Kier alpha value is -2.00. The first-order valence-corrected chi connectivity index (χ1v) is 9.80. The summed E-state index contributed by atoms with van der Waals surface area (Å²) in [7, 11) is -3.97. The largest absolute Gasteiger partial charge is 0.347 e. The molecule has 2 aromatic rings. The van der Waals surface area contributed by atoms with Gasteiger partial charge in [0.1, 0.15) is 0 Å². The molecule has 0 fully saturated rings. The predicted molar refractivity (Wildman–Crippen MR) is 92.0 cm³/mol. The summed E-state index contributed by atoms with van der Waals surface area (Å²) in [6, 6.07) is 4.43. The number of hydrogen-bond donors (Lipinski definition) is 2. The van der Waals surface area contributed by atoms with Crippen LogP contribution in [0, 0.1) is 5.92 Å². The standard InChI is InChI=1S/C15H19N3O4S2/c1-10(2)3-6-14(19)16-8-15(20)18-24(21,22)11-4-5-12-13(7-11)23-9-17-12/h4-5,7,9-10H,3,6,8H2,1-2H3,(H,16,19)(H,18,20). The average Bonchev–Trinajstić information content (AvgIpc) is 2.98. The summed E-state index contributed by atoms with van der Waals surface area (Å²) in [5.41, 5.74) is 2.31. The van der Waals surface area contributed by atoms with Crippen LogP contribution in [0.15, 0.2) is 28.6 Å². The Kier molecular flexibility index (Phi) is 5.89. The number of fused-ring (bicyclic) bond motifs is 1.